The van der Waals surface area contributed by atoms with Gasteiger partial charge in [0.25, 0.3) is 0 Å². The number of rotatable bonds is 6. The second-order valence-corrected chi connectivity index (χ2v) is 8.09. The average molecular weight is 378 g/mol. The lowest BCUT2D eigenvalue weighted by Crippen LogP contribution is -2.43. The number of carbonyl (C=O) groups is 1. The summed E-state index contributed by atoms with van der Waals surface area (Å²) in [5.41, 5.74) is -0.0897. The van der Waals surface area contributed by atoms with E-state index < -0.39 is 21.5 Å². The Morgan fingerprint density at radius 3 is 2.43 bits per heavy atom. The van der Waals surface area contributed by atoms with Crippen LogP contribution in [0.5, 0.6) is 0 Å². The van der Waals surface area contributed by atoms with Crippen LogP contribution in [-0.4, -0.2) is 25.0 Å². The van der Waals surface area contributed by atoms with Crippen LogP contribution in [0.15, 0.2) is 21.5 Å². The first-order chi connectivity index (χ1) is 9.50. The van der Waals surface area contributed by atoms with Crippen molar-refractivity contribution in [1.29, 1.82) is 0 Å². The first-order valence-electron chi connectivity index (χ1n) is 6.57. The lowest BCUT2D eigenvalue weighted by Gasteiger charge is -2.26. The van der Waals surface area contributed by atoms with Gasteiger partial charge in [0.1, 0.15) is 0 Å². The Kier molecular flexibility index (Phi) is 5.57. The number of aryl methyl sites for hydroxylation is 1. The largest absolute Gasteiger partial charge is 0.478 e. The lowest BCUT2D eigenvalue weighted by molar-refractivity contribution is 0.0696. The summed E-state index contributed by atoms with van der Waals surface area (Å²) in [7, 11) is -3.81. The minimum atomic E-state index is -3.81. The predicted octanol–water partition coefficient (Wildman–Crippen LogP) is 3.31. The predicted molar refractivity (Wildman–Crippen MR) is 85.1 cm³/mol. The van der Waals surface area contributed by atoms with E-state index in [1.165, 1.54) is 12.1 Å². The molecule has 5 nitrogen and oxygen atoms in total. The molecular weight excluding hydrogens is 358 g/mol. The molecule has 118 valence electrons. The maximum atomic E-state index is 12.5. The molecule has 0 aromatic heterocycles. The molecule has 0 amide bonds. The van der Waals surface area contributed by atoms with Crippen LogP contribution in [0.2, 0.25) is 0 Å². The molecule has 1 rings (SSSR count). The van der Waals surface area contributed by atoms with E-state index >= 15 is 0 Å². The van der Waals surface area contributed by atoms with Crippen LogP contribution in [0.3, 0.4) is 0 Å². The summed E-state index contributed by atoms with van der Waals surface area (Å²) in [5.74, 6) is -1.16. The van der Waals surface area contributed by atoms with E-state index in [0.717, 1.165) is 6.42 Å². The highest BCUT2D eigenvalue weighted by molar-refractivity contribution is 9.10. The minimum Gasteiger partial charge on any atom is -0.478 e. The Morgan fingerprint density at radius 2 is 1.95 bits per heavy atom. The van der Waals surface area contributed by atoms with Crippen LogP contribution < -0.4 is 4.72 Å². The van der Waals surface area contributed by atoms with Gasteiger partial charge in [-0.1, -0.05) is 13.3 Å². The SMILES string of the molecule is CCCC(C)(C)NS(=O)(=O)c1cc(C(=O)O)cc(C)c1Br. The zero-order valence-corrected chi connectivity index (χ0v) is 14.9. The first-order valence-corrected chi connectivity index (χ1v) is 8.85. The first kappa shape index (κ1) is 18.1. The molecule has 7 heteroatoms. The van der Waals surface area contributed by atoms with Crippen LogP contribution in [0, 0.1) is 6.92 Å². The van der Waals surface area contributed by atoms with Crippen molar-refractivity contribution in [3.05, 3.63) is 27.7 Å². The molecule has 0 saturated heterocycles. The Morgan fingerprint density at radius 1 is 1.38 bits per heavy atom. The van der Waals surface area contributed by atoms with Gasteiger partial charge in [0.2, 0.25) is 10.0 Å². The van der Waals surface area contributed by atoms with Crippen molar-refractivity contribution < 1.29 is 18.3 Å². The topological polar surface area (TPSA) is 83.5 Å². The van der Waals surface area contributed by atoms with E-state index in [9.17, 15) is 13.2 Å². The highest BCUT2D eigenvalue weighted by Gasteiger charge is 2.28. The molecule has 0 saturated carbocycles. The van der Waals surface area contributed by atoms with Crippen molar-refractivity contribution in [2.24, 2.45) is 0 Å². The molecule has 0 spiro atoms. The molecule has 21 heavy (non-hydrogen) atoms. The van der Waals surface area contributed by atoms with Crippen LogP contribution in [0.4, 0.5) is 0 Å². The molecule has 0 aliphatic heterocycles. The van der Waals surface area contributed by atoms with Gasteiger partial charge in [-0.05, 0) is 60.8 Å². The van der Waals surface area contributed by atoms with Crippen LogP contribution in [-0.2, 0) is 10.0 Å². The van der Waals surface area contributed by atoms with Crippen molar-refractivity contribution in [2.45, 2.75) is 51.0 Å². The fourth-order valence-electron chi connectivity index (χ4n) is 2.15. The molecule has 0 radical (unpaired) electrons. The molecule has 0 heterocycles. The van der Waals surface area contributed by atoms with E-state index in [-0.39, 0.29) is 10.5 Å². The third-order valence-corrected chi connectivity index (χ3v) is 6.08. The summed E-state index contributed by atoms with van der Waals surface area (Å²) < 4.78 is 28.1. The highest BCUT2D eigenvalue weighted by Crippen LogP contribution is 2.28. The number of hydrogen-bond acceptors (Lipinski definition) is 3. The Hall–Kier alpha value is -0.920. The molecule has 0 fully saturated rings. The number of nitrogens with one attached hydrogen (secondary N) is 1. The van der Waals surface area contributed by atoms with Crippen molar-refractivity contribution in [2.75, 3.05) is 0 Å². The third kappa shape index (κ3) is 4.52. The van der Waals surface area contributed by atoms with E-state index in [1.54, 1.807) is 20.8 Å². The van der Waals surface area contributed by atoms with Gasteiger partial charge in [-0.25, -0.2) is 17.9 Å². The summed E-state index contributed by atoms with van der Waals surface area (Å²) in [6, 6.07) is 2.60. The van der Waals surface area contributed by atoms with Gasteiger partial charge in [-0.15, -0.1) is 0 Å². The van der Waals surface area contributed by atoms with Gasteiger partial charge in [-0.2, -0.15) is 0 Å². The second-order valence-electron chi connectivity index (χ2n) is 5.65. The smallest absolute Gasteiger partial charge is 0.335 e. The molecule has 1 aromatic carbocycles. The quantitative estimate of drug-likeness (QED) is 0.796. The number of carboxylic acids is 1. The maximum Gasteiger partial charge on any atom is 0.335 e. The summed E-state index contributed by atoms with van der Waals surface area (Å²) in [6.07, 6.45) is 1.52. The number of halogens is 1. The number of sulfonamides is 1. The molecule has 0 aliphatic carbocycles. The number of carboxylic acid groups (broad SMARTS) is 1. The fourth-order valence-corrected chi connectivity index (χ4v) is 4.64. The third-order valence-electron chi connectivity index (χ3n) is 3.04. The highest BCUT2D eigenvalue weighted by atomic mass is 79.9. The summed E-state index contributed by atoms with van der Waals surface area (Å²) >= 11 is 3.23. The standard InChI is InChI=1S/C14H20BrNO4S/c1-5-6-14(3,4)16-21(19,20)11-8-10(13(17)18)7-9(2)12(11)15/h7-8,16H,5-6H2,1-4H3,(H,17,18). The number of aromatic carboxylic acids is 1. The van der Waals surface area contributed by atoms with Crippen LogP contribution >= 0.6 is 15.9 Å². The van der Waals surface area contributed by atoms with Gasteiger partial charge in [0.15, 0.2) is 0 Å². The van der Waals surface area contributed by atoms with Crippen LogP contribution in [0.25, 0.3) is 0 Å². The summed E-state index contributed by atoms with van der Waals surface area (Å²) in [6.45, 7) is 7.24. The number of benzene rings is 1. The van der Waals surface area contributed by atoms with E-state index in [0.29, 0.717) is 16.5 Å². The van der Waals surface area contributed by atoms with Crippen molar-refractivity contribution in [1.82, 2.24) is 4.72 Å². The van der Waals surface area contributed by atoms with Crippen molar-refractivity contribution in [3.8, 4) is 0 Å². The van der Waals surface area contributed by atoms with E-state index in [2.05, 4.69) is 20.7 Å². The van der Waals surface area contributed by atoms with Crippen molar-refractivity contribution in [3.63, 3.8) is 0 Å². The van der Waals surface area contributed by atoms with Gasteiger partial charge in [0.05, 0.1) is 10.5 Å². The van der Waals surface area contributed by atoms with Crippen molar-refractivity contribution >= 4 is 31.9 Å². The van der Waals surface area contributed by atoms with Gasteiger partial charge in [0, 0.05) is 10.0 Å². The molecule has 0 bridgehead atoms. The van der Waals surface area contributed by atoms with Gasteiger partial charge < -0.3 is 5.11 Å². The molecular formula is C14H20BrNO4S. The fraction of sp³-hybridized carbons (Fsp3) is 0.500. The molecule has 0 aliphatic rings. The molecule has 0 atom stereocenters. The normalized spacial score (nSPS) is 12.4. The molecule has 2 N–H and O–H groups in total. The molecule has 1 aromatic rings. The second kappa shape index (κ2) is 6.46. The van der Waals surface area contributed by atoms with E-state index in [4.69, 9.17) is 5.11 Å². The Bertz CT molecular complexity index is 653. The minimum absolute atomic E-state index is 0.0515. The average Bonchev–Trinajstić information content (AvgIpc) is 2.30. The van der Waals surface area contributed by atoms with Gasteiger partial charge >= 0.3 is 5.97 Å². The Balaban J connectivity index is 3.35. The molecule has 0 unspecified atom stereocenters. The van der Waals surface area contributed by atoms with E-state index in [1.807, 2.05) is 6.92 Å². The lowest BCUT2D eigenvalue weighted by atomic mass is 10.0. The number of hydrogen-bond donors (Lipinski definition) is 2. The Labute approximate surface area is 133 Å². The van der Waals surface area contributed by atoms with Crippen LogP contribution in [0.1, 0.15) is 49.5 Å². The maximum absolute atomic E-state index is 12.5. The zero-order chi connectivity index (χ0) is 16.4. The monoisotopic (exact) mass is 377 g/mol. The zero-order valence-electron chi connectivity index (χ0n) is 12.5. The van der Waals surface area contributed by atoms with Gasteiger partial charge in [-0.3, -0.25) is 0 Å². The summed E-state index contributed by atoms with van der Waals surface area (Å²) in [5, 5.41) is 9.08. The summed E-state index contributed by atoms with van der Waals surface area (Å²) in [4.78, 5) is 11.0.